The molecule has 7 nitrogen and oxygen atoms in total. The first-order valence-corrected chi connectivity index (χ1v) is 14.6. The van der Waals surface area contributed by atoms with E-state index in [2.05, 4.69) is 36.3 Å². The van der Waals surface area contributed by atoms with Gasteiger partial charge >= 0.3 is 5.97 Å². The van der Waals surface area contributed by atoms with Crippen molar-refractivity contribution in [1.29, 1.82) is 0 Å². The lowest BCUT2D eigenvalue weighted by Gasteiger charge is -2.25. The van der Waals surface area contributed by atoms with Gasteiger partial charge in [-0.3, -0.25) is 9.78 Å². The van der Waals surface area contributed by atoms with Crippen molar-refractivity contribution in [3.8, 4) is 0 Å². The van der Waals surface area contributed by atoms with Crippen LogP contribution in [0.25, 0.3) is 0 Å². The number of hydrogen-bond acceptors (Lipinski definition) is 6. The largest absolute Gasteiger partial charge is 0.456 e. The topological polar surface area (TPSA) is 97.5 Å². The smallest absolute Gasteiger partial charge is 0.340 e. The number of nitrogens with two attached hydrogens (primary N) is 1. The molecule has 0 fully saturated rings. The molecule has 0 aliphatic heterocycles. The lowest BCUT2D eigenvalue weighted by Crippen LogP contribution is -2.46. The first-order valence-electron chi connectivity index (χ1n) is 14.6. The summed E-state index contributed by atoms with van der Waals surface area (Å²) in [4.78, 5) is 32.2. The van der Waals surface area contributed by atoms with E-state index in [0.29, 0.717) is 36.7 Å². The number of rotatable bonds is 15. The Balaban J connectivity index is 1.78. The summed E-state index contributed by atoms with van der Waals surface area (Å²) in [7, 11) is 0. The predicted molar refractivity (Wildman–Crippen MR) is 160 cm³/mol. The molecule has 0 radical (unpaired) electrons. The fourth-order valence-corrected chi connectivity index (χ4v) is 4.75. The molecule has 2 atom stereocenters. The average Bonchev–Trinajstić information content (AvgIpc) is 2.95. The number of aromatic nitrogens is 1. The number of carbonyl (C=O) groups is 2. The van der Waals surface area contributed by atoms with Crippen LogP contribution in [0, 0.1) is 11.6 Å². The van der Waals surface area contributed by atoms with Crippen LogP contribution in [0.3, 0.4) is 0 Å². The highest BCUT2D eigenvalue weighted by atomic mass is 19.1. The first kappa shape index (κ1) is 32.8. The second kappa shape index (κ2) is 16.1. The van der Waals surface area contributed by atoms with E-state index in [1.165, 1.54) is 36.2 Å². The van der Waals surface area contributed by atoms with Crippen molar-refractivity contribution in [1.82, 2.24) is 15.2 Å². The second-order valence-electron chi connectivity index (χ2n) is 10.9. The number of benzene rings is 2. The van der Waals surface area contributed by atoms with E-state index in [9.17, 15) is 18.4 Å². The molecule has 9 heteroatoms. The van der Waals surface area contributed by atoms with Crippen molar-refractivity contribution in [3.63, 3.8) is 0 Å². The van der Waals surface area contributed by atoms with Gasteiger partial charge in [0.25, 0.3) is 5.91 Å². The lowest BCUT2D eigenvalue weighted by molar-refractivity contribution is 0.0237. The number of pyridine rings is 1. The predicted octanol–water partition coefficient (Wildman–Crippen LogP) is 5.63. The Kier molecular flexibility index (Phi) is 12.6. The third kappa shape index (κ3) is 9.70. The Morgan fingerprint density at radius 3 is 2.26 bits per heavy atom. The van der Waals surface area contributed by atoms with Gasteiger partial charge in [0, 0.05) is 50.7 Å². The number of nitrogens with one attached hydrogen (secondary N) is 1. The van der Waals surface area contributed by atoms with Crippen LogP contribution in [0.5, 0.6) is 0 Å². The number of nitrogens with zero attached hydrogens (tertiary/aromatic N) is 2. The summed E-state index contributed by atoms with van der Waals surface area (Å²) >= 11 is 0. The molecule has 226 valence electrons. The van der Waals surface area contributed by atoms with Crippen molar-refractivity contribution >= 4 is 11.9 Å². The third-order valence-corrected chi connectivity index (χ3v) is 6.92. The van der Waals surface area contributed by atoms with Gasteiger partial charge in [-0.2, -0.15) is 0 Å². The summed E-state index contributed by atoms with van der Waals surface area (Å²) in [6.45, 7) is 10.2. The highest BCUT2D eigenvalue weighted by Crippen LogP contribution is 2.17. The fourth-order valence-electron chi connectivity index (χ4n) is 4.75. The van der Waals surface area contributed by atoms with Crippen molar-refractivity contribution in [2.24, 2.45) is 5.73 Å². The van der Waals surface area contributed by atoms with Crippen molar-refractivity contribution < 1.29 is 23.1 Å². The van der Waals surface area contributed by atoms with E-state index in [1.54, 1.807) is 4.90 Å². The zero-order valence-electron chi connectivity index (χ0n) is 24.9. The van der Waals surface area contributed by atoms with E-state index in [-0.39, 0.29) is 24.4 Å². The van der Waals surface area contributed by atoms with Gasteiger partial charge in [-0.15, -0.1) is 0 Å². The summed E-state index contributed by atoms with van der Waals surface area (Å²) in [5.74, 6) is -1.92. The van der Waals surface area contributed by atoms with Crippen LogP contribution in [0.4, 0.5) is 8.78 Å². The molecule has 0 aliphatic carbocycles. The molecule has 3 aromatic rings. The van der Waals surface area contributed by atoms with Gasteiger partial charge in [-0.25, -0.2) is 13.6 Å². The van der Waals surface area contributed by atoms with Gasteiger partial charge in [-0.1, -0.05) is 52.0 Å². The maximum absolute atomic E-state index is 13.8. The molecule has 3 N–H and O–H groups in total. The monoisotopic (exact) mass is 580 g/mol. The van der Waals surface area contributed by atoms with Gasteiger partial charge in [0.2, 0.25) is 0 Å². The molecule has 2 unspecified atom stereocenters. The minimum atomic E-state index is -0.840. The Morgan fingerprint density at radius 2 is 1.62 bits per heavy atom. The Hall–Kier alpha value is -3.69. The Morgan fingerprint density at radius 1 is 0.952 bits per heavy atom. The molecule has 3 rings (SSSR count). The molecule has 0 aliphatic rings. The van der Waals surface area contributed by atoms with E-state index < -0.39 is 29.7 Å². The van der Waals surface area contributed by atoms with Crippen LogP contribution in [-0.4, -0.2) is 53.5 Å². The molecule has 0 saturated heterocycles. The third-order valence-electron chi connectivity index (χ3n) is 6.92. The standard InChI is InChI=1S/C33H42F2N4O3/c1-5-10-39(11-6-2)32(40)26-16-27(20-38-19-26)33(41)42-31(30(36)15-24-13-28(34)17-29(35)14-24)21-37-18-23-8-7-9-25(12-23)22(3)4/h7-9,12-14,16-17,19-20,22,30-31,37H,5-6,10-11,15,18,21,36H2,1-4H3. The van der Waals surface area contributed by atoms with Gasteiger partial charge < -0.3 is 20.7 Å². The number of ether oxygens (including phenoxy) is 1. The van der Waals surface area contributed by atoms with E-state index in [4.69, 9.17) is 10.5 Å². The van der Waals surface area contributed by atoms with E-state index in [1.807, 2.05) is 26.0 Å². The molecule has 42 heavy (non-hydrogen) atoms. The summed E-state index contributed by atoms with van der Waals surface area (Å²) in [5.41, 5.74) is 9.50. The van der Waals surface area contributed by atoms with Crippen LogP contribution in [0.15, 0.2) is 60.9 Å². The molecule has 0 bridgehead atoms. The number of amides is 1. The normalized spacial score (nSPS) is 12.7. The molecule has 0 saturated carbocycles. The Bertz CT molecular complexity index is 1310. The maximum Gasteiger partial charge on any atom is 0.340 e. The highest BCUT2D eigenvalue weighted by Gasteiger charge is 2.25. The summed E-state index contributed by atoms with van der Waals surface area (Å²) < 4.78 is 33.5. The molecule has 1 aromatic heterocycles. The number of carbonyl (C=O) groups excluding carboxylic acids is 2. The van der Waals surface area contributed by atoms with Crippen LogP contribution in [-0.2, 0) is 17.7 Å². The van der Waals surface area contributed by atoms with Crippen LogP contribution in [0.2, 0.25) is 0 Å². The Labute approximate surface area is 247 Å². The lowest BCUT2D eigenvalue weighted by atomic mass is 10.0. The van der Waals surface area contributed by atoms with Gasteiger partial charge in [0.1, 0.15) is 17.7 Å². The first-order chi connectivity index (χ1) is 20.1. The summed E-state index contributed by atoms with van der Waals surface area (Å²) in [6, 6.07) is 12.1. The quantitative estimate of drug-likeness (QED) is 0.226. The molecular formula is C33H42F2N4O3. The average molecular weight is 581 g/mol. The van der Waals surface area contributed by atoms with Crippen LogP contribution >= 0.6 is 0 Å². The van der Waals surface area contributed by atoms with Crippen molar-refractivity contribution in [2.75, 3.05) is 19.6 Å². The number of halogens is 2. The van der Waals surface area contributed by atoms with Crippen LogP contribution in [0.1, 0.15) is 83.9 Å². The minimum absolute atomic E-state index is 0.0803. The van der Waals surface area contributed by atoms with E-state index >= 15 is 0 Å². The fraction of sp³-hybridized carbons (Fsp3) is 0.424. The number of esters is 1. The maximum atomic E-state index is 13.8. The highest BCUT2D eigenvalue weighted by molar-refractivity contribution is 5.97. The molecule has 2 aromatic carbocycles. The van der Waals surface area contributed by atoms with Gasteiger partial charge in [-0.05, 0) is 60.1 Å². The molecule has 1 heterocycles. The van der Waals surface area contributed by atoms with E-state index in [0.717, 1.165) is 24.5 Å². The molecule has 1 amide bonds. The zero-order valence-corrected chi connectivity index (χ0v) is 24.9. The summed E-state index contributed by atoms with van der Waals surface area (Å²) in [6.07, 6.45) is 3.64. The second-order valence-corrected chi connectivity index (χ2v) is 10.9. The van der Waals surface area contributed by atoms with Crippen molar-refractivity contribution in [3.05, 3.63) is 100 Å². The number of hydrogen-bond donors (Lipinski definition) is 2. The molecule has 0 spiro atoms. The van der Waals surface area contributed by atoms with Crippen LogP contribution < -0.4 is 11.1 Å². The summed E-state index contributed by atoms with van der Waals surface area (Å²) in [5, 5.41) is 3.31. The van der Waals surface area contributed by atoms with Crippen molar-refractivity contribution in [2.45, 2.75) is 71.6 Å². The van der Waals surface area contributed by atoms with Gasteiger partial charge in [0.05, 0.1) is 11.1 Å². The van der Waals surface area contributed by atoms with Gasteiger partial charge in [0.15, 0.2) is 0 Å². The SMILES string of the molecule is CCCN(CCC)C(=O)c1cncc(C(=O)OC(CNCc2cccc(C(C)C)c2)C(N)Cc2cc(F)cc(F)c2)c1. The minimum Gasteiger partial charge on any atom is -0.456 e. The molecular weight excluding hydrogens is 538 g/mol. The zero-order chi connectivity index (χ0) is 30.6.